The minimum absolute atomic E-state index is 0.0287. The third-order valence-electron chi connectivity index (χ3n) is 2.98. The second-order valence-electron chi connectivity index (χ2n) is 4.34. The summed E-state index contributed by atoms with van der Waals surface area (Å²) in [5.41, 5.74) is 0.166. The Bertz CT molecular complexity index is 833. The molecule has 1 aromatic carbocycles. The minimum Gasteiger partial charge on any atom is -0.306 e. The van der Waals surface area contributed by atoms with Crippen molar-refractivity contribution in [1.29, 1.82) is 0 Å². The molecular formula is C15H9ClFN3O. The SMILES string of the molecule is O=C(Nc1nccc2ccncc12)c1ccc(Cl)c(F)c1. The molecule has 4 nitrogen and oxygen atoms in total. The number of hydrogen-bond donors (Lipinski definition) is 1. The predicted molar refractivity (Wildman–Crippen MR) is 78.9 cm³/mol. The first-order chi connectivity index (χ1) is 10.1. The summed E-state index contributed by atoms with van der Waals surface area (Å²) in [6.07, 6.45) is 4.85. The van der Waals surface area contributed by atoms with Crippen LogP contribution in [0.3, 0.4) is 0 Å². The molecule has 3 rings (SSSR count). The average molecular weight is 302 g/mol. The maximum atomic E-state index is 13.4. The number of halogens is 2. The molecule has 1 N–H and O–H groups in total. The first-order valence-corrected chi connectivity index (χ1v) is 6.48. The van der Waals surface area contributed by atoms with Gasteiger partial charge in [-0.3, -0.25) is 9.78 Å². The second-order valence-corrected chi connectivity index (χ2v) is 4.75. The highest BCUT2D eigenvalue weighted by atomic mass is 35.5. The third-order valence-corrected chi connectivity index (χ3v) is 3.29. The predicted octanol–water partition coefficient (Wildman–Crippen LogP) is 3.67. The maximum Gasteiger partial charge on any atom is 0.256 e. The molecule has 1 amide bonds. The highest BCUT2D eigenvalue weighted by molar-refractivity contribution is 6.30. The number of anilines is 1. The van der Waals surface area contributed by atoms with Crippen molar-refractivity contribution in [1.82, 2.24) is 9.97 Å². The summed E-state index contributed by atoms with van der Waals surface area (Å²) in [4.78, 5) is 20.3. The van der Waals surface area contributed by atoms with Crippen molar-refractivity contribution in [2.24, 2.45) is 0 Å². The lowest BCUT2D eigenvalue weighted by molar-refractivity contribution is 0.102. The number of aromatic nitrogens is 2. The minimum atomic E-state index is -0.642. The molecule has 0 radical (unpaired) electrons. The van der Waals surface area contributed by atoms with E-state index in [1.807, 2.05) is 12.1 Å². The summed E-state index contributed by atoms with van der Waals surface area (Å²) in [5, 5.41) is 4.23. The average Bonchev–Trinajstić information content (AvgIpc) is 2.50. The molecule has 104 valence electrons. The number of carbonyl (C=O) groups is 1. The third kappa shape index (κ3) is 2.68. The molecule has 0 spiro atoms. The lowest BCUT2D eigenvalue weighted by atomic mass is 10.2. The fraction of sp³-hybridized carbons (Fsp3) is 0. The van der Waals surface area contributed by atoms with Gasteiger partial charge in [0.1, 0.15) is 11.6 Å². The number of nitrogens with zero attached hydrogens (tertiary/aromatic N) is 2. The van der Waals surface area contributed by atoms with Crippen LogP contribution in [0.2, 0.25) is 5.02 Å². The zero-order chi connectivity index (χ0) is 14.8. The van der Waals surface area contributed by atoms with Crippen LogP contribution in [-0.4, -0.2) is 15.9 Å². The lowest BCUT2D eigenvalue weighted by Gasteiger charge is -2.07. The highest BCUT2D eigenvalue weighted by Gasteiger charge is 2.11. The zero-order valence-electron chi connectivity index (χ0n) is 10.7. The van der Waals surface area contributed by atoms with E-state index in [1.54, 1.807) is 18.6 Å². The number of nitrogens with one attached hydrogen (secondary N) is 1. The van der Waals surface area contributed by atoms with Crippen LogP contribution in [0.25, 0.3) is 10.8 Å². The summed E-state index contributed by atoms with van der Waals surface area (Å²) in [6.45, 7) is 0. The van der Waals surface area contributed by atoms with Crippen LogP contribution in [0.4, 0.5) is 10.2 Å². The molecule has 0 aliphatic carbocycles. The number of benzene rings is 1. The molecule has 0 saturated heterocycles. The molecule has 0 aliphatic rings. The van der Waals surface area contributed by atoms with Gasteiger partial charge >= 0.3 is 0 Å². The van der Waals surface area contributed by atoms with Crippen LogP contribution >= 0.6 is 11.6 Å². The van der Waals surface area contributed by atoms with Gasteiger partial charge in [0.05, 0.1) is 5.02 Å². The van der Waals surface area contributed by atoms with E-state index in [1.165, 1.54) is 12.1 Å². The molecule has 3 aromatic rings. The zero-order valence-corrected chi connectivity index (χ0v) is 11.4. The van der Waals surface area contributed by atoms with E-state index in [2.05, 4.69) is 15.3 Å². The van der Waals surface area contributed by atoms with Gasteiger partial charge in [-0.05, 0) is 35.7 Å². The number of carbonyl (C=O) groups excluding carboxylic acids is 1. The van der Waals surface area contributed by atoms with Gasteiger partial charge in [-0.15, -0.1) is 0 Å². The molecule has 0 aliphatic heterocycles. The van der Waals surface area contributed by atoms with Crippen molar-refractivity contribution < 1.29 is 9.18 Å². The van der Waals surface area contributed by atoms with Crippen LogP contribution in [0, 0.1) is 5.82 Å². The summed E-state index contributed by atoms with van der Waals surface area (Å²) < 4.78 is 13.4. The van der Waals surface area contributed by atoms with Crippen molar-refractivity contribution in [2.45, 2.75) is 0 Å². The fourth-order valence-electron chi connectivity index (χ4n) is 1.93. The standard InChI is InChI=1S/C15H9ClFN3O/c16-12-2-1-10(7-13(12)17)15(21)20-14-11-8-18-5-3-9(11)4-6-19-14/h1-8H,(H,19,20,21). The second kappa shape index (κ2) is 5.46. The first-order valence-electron chi connectivity index (χ1n) is 6.10. The van der Waals surface area contributed by atoms with E-state index in [9.17, 15) is 9.18 Å². The molecule has 0 bridgehead atoms. The number of rotatable bonds is 2. The summed E-state index contributed by atoms with van der Waals surface area (Å²) in [6, 6.07) is 7.50. The van der Waals surface area contributed by atoms with Crippen molar-refractivity contribution in [2.75, 3.05) is 5.32 Å². The molecule has 21 heavy (non-hydrogen) atoms. The Morgan fingerprint density at radius 1 is 1.19 bits per heavy atom. The summed E-state index contributed by atoms with van der Waals surface area (Å²) in [5.74, 6) is -0.729. The van der Waals surface area contributed by atoms with Crippen LogP contribution in [0.5, 0.6) is 0 Å². The van der Waals surface area contributed by atoms with Crippen molar-refractivity contribution in [3.8, 4) is 0 Å². The van der Waals surface area contributed by atoms with E-state index in [-0.39, 0.29) is 10.6 Å². The van der Waals surface area contributed by atoms with E-state index >= 15 is 0 Å². The molecule has 6 heteroatoms. The monoisotopic (exact) mass is 301 g/mol. The first kappa shape index (κ1) is 13.5. The quantitative estimate of drug-likeness (QED) is 0.785. The molecule has 0 fully saturated rings. The maximum absolute atomic E-state index is 13.4. The Kier molecular flexibility index (Phi) is 3.50. The molecule has 0 atom stereocenters. The van der Waals surface area contributed by atoms with Gasteiger partial charge in [-0.25, -0.2) is 9.37 Å². The van der Waals surface area contributed by atoms with Gasteiger partial charge < -0.3 is 5.32 Å². The Morgan fingerprint density at radius 2 is 2.00 bits per heavy atom. The van der Waals surface area contributed by atoms with Crippen molar-refractivity contribution >= 4 is 34.1 Å². The smallest absolute Gasteiger partial charge is 0.256 e. The van der Waals surface area contributed by atoms with Gasteiger partial charge in [0.2, 0.25) is 0 Å². The van der Waals surface area contributed by atoms with Crippen LogP contribution in [0.15, 0.2) is 48.9 Å². The number of fused-ring (bicyclic) bond motifs is 1. The summed E-state index contributed by atoms with van der Waals surface area (Å²) in [7, 11) is 0. The normalized spacial score (nSPS) is 10.6. The van der Waals surface area contributed by atoms with Gasteiger partial charge in [0.25, 0.3) is 5.91 Å². The van der Waals surface area contributed by atoms with Crippen molar-refractivity contribution in [3.63, 3.8) is 0 Å². The van der Waals surface area contributed by atoms with E-state index in [4.69, 9.17) is 11.6 Å². The number of pyridine rings is 2. The van der Waals surface area contributed by atoms with E-state index in [0.717, 1.165) is 11.5 Å². The highest BCUT2D eigenvalue weighted by Crippen LogP contribution is 2.21. The van der Waals surface area contributed by atoms with Crippen molar-refractivity contribution in [3.05, 3.63) is 65.3 Å². The molecule has 0 unspecified atom stereocenters. The molecule has 0 saturated carbocycles. The van der Waals surface area contributed by atoms with E-state index in [0.29, 0.717) is 11.2 Å². The Hall–Kier alpha value is -2.53. The Labute approximate surface area is 124 Å². The molecule has 2 aromatic heterocycles. The fourth-order valence-corrected chi connectivity index (χ4v) is 2.04. The van der Waals surface area contributed by atoms with Gasteiger partial charge in [-0.1, -0.05) is 11.6 Å². The van der Waals surface area contributed by atoms with E-state index < -0.39 is 11.7 Å². The van der Waals surface area contributed by atoms with Gasteiger partial charge in [0.15, 0.2) is 0 Å². The largest absolute Gasteiger partial charge is 0.306 e. The Morgan fingerprint density at radius 3 is 2.81 bits per heavy atom. The summed E-state index contributed by atoms with van der Waals surface area (Å²) >= 11 is 5.60. The molecular weight excluding hydrogens is 293 g/mol. The van der Waals surface area contributed by atoms with Gasteiger partial charge in [0, 0.05) is 29.5 Å². The molecule has 2 heterocycles. The number of amides is 1. The van der Waals surface area contributed by atoms with Crippen LogP contribution < -0.4 is 5.32 Å². The van der Waals surface area contributed by atoms with Crippen LogP contribution in [0.1, 0.15) is 10.4 Å². The van der Waals surface area contributed by atoms with Gasteiger partial charge in [-0.2, -0.15) is 0 Å². The number of hydrogen-bond acceptors (Lipinski definition) is 3. The Balaban J connectivity index is 1.94. The van der Waals surface area contributed by atoms with Crippen LogP contribution in [-0.2, 0) is 0 Å². The lowest BCUT2D eigenvalue weighted by Crippen LogP contribution is -2.13. The topological polar surface area (TPSA) is 54.9 Å².